The van der Waals surface area contributed by atoms with E-state index in [-0.39, 0.29) is 4.11 Å². The number of carboxylic acids is 1. The zero-order valence-corrected chi connectivity index (χ0v) is 9.02. The summed E-state index contributed by atoms with van der Waals surface area (Å²) >= 11 is 2.17. The minimum atomic E-state index is -0.763. The molecule has 1 saturated heterocycles. The van der Waals surface area contributed by atoms with Gasteiger partial charge in [0.2, 0.25) is 0 Å². The molecule has 0 aromatic carbocycles. The fourth-order valence-corrected chi connectivity index (χ4v) is 1.89. The molecular weight excluding hydrogens is 273 g/mol. The number of carboxylic acid groups (broad SMARTS) is 1. The lowest BCUT2D eigenvalue weighted by atomic mass is 10.2. The molecule has 0 saturated carbocycles. The number of rotatable bonds is 2. The van der Waals surface area contributed by atoms with Crippen molar-refractivity contribution >= 4 is 28.6 Å². The van der Waals surface area contributed by atoms with Crippen LogP contribution >= 0.6 is 22.6 Å². The molecule has 1 N–H and O–H groups in total. The van der Waals surface area contributed by atoms with E-state index in [4.69, 9.17) is 9.84 Å². The summed E-state index contributed by atoms with van der Waals surface area (Å²) < 4.78 is 5.41. The van der Waals surface area contributed by atoms with E-state index in [1.807, 2.05) is 4.90 Å². The van der Waals surface area contributed by atoms with E-state index < -0.39 is 12.0 Å². The standard InChI is InChI=1S/C7H12INO3/c1-5(7(10)11)9-2-3-12-6(8)4-9/h5-6H,2-4H2,1H3,(H,10,11). The number of hydrogen-bond donors (Lipinski definition) is 1. The number of aliphatic carboxylic acids is 1. The average Bonchev–Trinajstić information content (AvgIpc) is 2.03. The van der Waals surface area contributed by atoms with Gasteiger partial charge in [-0.15, -0.1) is 0 Å². The lowest BCUT2D eigenvalue weighted by Crippen LogP contribution is -2.47. The highest BCUT2D eigenvalue weighted by atomic mass is 127. The highest BCUT2D eigenvalue weighted by Crippen LogP contribution is 2.13. The minimum Gasteiger partial charge on any atom is -0.480 e. The van der Waals surface area contributed by atoms with E-state index in [0.717, 1.165) is 0 Å². The van der Waals surface area contributed by atoms with Gasteiger partial charge in [-0.05, 0) is 29.5 Å². The molecule has 0 bridgehead atoms. The van der Waals surface area contributed by atoms with Crippen molar-refractivity contribution in [1.29, 1.82) is 0 Å². The van der Waals surface area contributed by atoms with E-state index in [9.17, 15) is 4.79 Å². The van der Waals surface area contributed by atoms with Gasteiger partial charge in [-0.1, -0.05) is 0 Å². The molecule has 0 radical (unpaired) electrons. The van der Waals surface area contributed by atoms with Gasteiger partial charge in [0, 0.05) is 13.1 Å². The van der Waals surface area contributed by atoms with E-state index in [1.54, 1.807) is 6.92 Å². The van der Waals surface area contributed by atoms with Crippen LogP contribution in [0.2, 0.25) is 0 Å². The molecule has 0 aromatic heterocycles. The molecule has 0 spiro atoms. The van der Waals surface area contributed by atoms with E-state index in [0.29, 0.717) is 19.7 Å². The normalized spacial score (nSPS) is 28.3. The van der Waals surface area contributed by atoms with Crippen molar-refractivity contribution < 1.29 is 14.6 Å². The number of alkyl halides is 1. The molecule has 2 atom stereocenters. The Morgan fingerprint density at radius 1 is 1.83 bits per heavy atom. The Morgan fingerprint density at radius 2 is 2.50 bits per heavy atom. The molecule has 0 amide bonds. The topological polar surface area (TPSA) is 49.8 Å². The quantitative estimate of drug-likeness (QED) is 0.595. The second-order valence-electron chi connectivity index (χ2n) is 2.79. The second kappa shape index (κ2) is 4.38. The first-order chi connectivity index (χ1) is 5.61. The van der Waals surface area contributed by atoms with E-state index in [2.05, 4.69) is 22.6 Å². The Bertz CT molecular complexity index is 176. The summed E-state index contributed by atoms with van der Waals surface area (Å²) in [6.45, 7) is 3.75. The first kappa shape index (κ1) is 10.2. The summed E-state index contributed by atoms with van der Waals surface area (Å²) in [5.41, 5.74) is 0. The van der Waals surface area contributed by atoms with Crippen LogP contribution in [0.1, 0.15) is 6.92 Å². The van der Waals surface area contributed by atoms with Gasteiger partial charge in [-0.25, -0.2) is 0 Å². The fourth-order valence-electron chi connectivity index (χ4n) is 1.13. The number of carbonyl (C=O) groups is 1. The van der Waals surface area contributed by atoms with Crippen molar-refractivity contribution in [2.24, 2.45) is 0 Å². The minimum absolute atomic E-state index is 0.123. The van der Waals surface area contributed by atoms with Gasteiger partial charge in [0.05, 0.1) is 6.61 Å². The van der Waals surface area contributed by atoms with Crippen LogP contribution in [0.5, 0.6) is 0 Å². The average molecular weight is 285 g/mol. The third-order valence-electron chi connectivity index (χ3n) is 1.96. The molecule has 2 unspecified atom stereocenters. The van der Waals surface area contributed by atoms with Gasteiger partial charge >= 0.3 is 5.97 Å². The first-order valence-corrected chi connectivity index (χ1v) is 5.08. The number of ether oxygens (including phenoxy) is 1. The maximum Gasteiger partial charge on any atom is 0.320 e. The van der Waals surface area contributed by atoms with Crippen LogP contribution in [0.15, 0.2) is 0 Å². The zero-order chi connectivity index (χ0) is 9.14. The Balaban J connectivity index is 2.45. The Morgan fingerprint density at radius 3 is 3.00 bits per heavy atom. The molecule has 70 valence electrons. The van der Waals surface area contributed by atoms with Crippen molar-refractivity contribution in [1.82, 2.24) is 4.90 Å². The Hall–Kier alpha value is 0.120. The summed E-state index contributed by atoms with van der Waals surface area (Å²) in [6.07, 6.45) is 0. The van der Waals surface area contributed by atoms with Crippen LogP contribution in [-0.4, -0.2) is 45.8 Å². The lowest BCUT2D eigenvalue weighted by Gasteiger charge is -2.32. The Labute approximate surface area is 85.0 Å². The van der Waals surface area contributed by atoms with E-state index >= 15 is 0 Å². The number of halogens is 1. The van der Waals surface area contributed by atoms with Gasteiger partial charge in [-0.2, -0.15) is 0 Å². The number of nitrogens with zero attached hydrogens (tertiary/aromatic N) is 1. The van der Waals surface area contributed by atoms with Crippen LogP contribution < -0.4 is 0 Å². The highest BCUT2D eigenvalue weighted by molar-refractivity contribution is 14.1. The van der Waals surface area contributed by atoms with Gasteiger partial charge in [0.15, 0.2) is 0 Å². The second-order valence-corrected chi connectivity index (χ2v) is 4.18. The fraction of sp³-hybridized carbons (Fsp3) is 0.857. The summed E-state index contributed by atoms with van der Waals surface area (Å²) in [5.74, 6) is -0.763. The smallest absolute Gasteiger partial charge is 0.320 e. The molecule has 4 nitrogen and oxygen atoms in total. The maximum absolute atomic E-state index is 10.6. The Kier molecular flexibility index (Phi) is 3.73. The van der Waals surface area contributed by atoms with Crippen LogP contribution in [-0.2, 0) is 9.53 Å². The predicted molar refractivity (Wildman–Crippen MR) is 52.4 cm³/mol. The summed E-state index contributed by atoms with van der Waals surface area (Å²) in [4.78, 5) is 12.5. The lowest BCUT2D eigenvalue weighted by molar-refractivity contribution is -0.144. The molecule has 1 fully saturated rings. The molecule has 0 aromatic rings. The zero-order valence-electron chi connectivity index (χ0n) is 6.86. The maximum atomic E-state index is 10.6. The largest absolute Gasteiger partial charge is 0.480 e. The molecule has 5 heteroatoms. The molecule has 1 rings (SSSR count). The van der Waals surface area contributed by atoms with Crippen molar-refractivity contribution in [3.63, 3.8) is 0 Å². The molecule has 1 aliphatic heterocycles. The molecule has 12 heavy (non-hydrogen) atoms. The molecule has 1 aliphatic rings. The number of hydrogen-bond acceptors (Lipinski definition) is 3. The number of morpholine rings is 1. The van der Waals surface area contributed by atoms with Crippen molar-refractivity contribution in [2.75, 3.05) is 19.7 Å². The van der Waals surface area contributed by atoms with Crippen LogP contribution in [0.4, 0.5) is 0 Å². The van der Waals surface area contributed by atoms with Crippen LogP contribution in [0, 0.1) is 0 Å². The van der Waals surface area contributed by atoms with E-state index in [1.165, 1.54) is 0 Å². The van der Waals surface area contributed by atoms with Crippen molar-refractivity contribution in [2.45, 2.75) is 17.1 Å². The van der Waals surface area contributed by atoms with Gasteiger partial charge in [-0.3, -0.25) is 9.69 Å². The summed E-state index contributed by atoms with van der Waals surface area (Å²) in [5, 5.41) is 8.74. The SMILES string of the molecule is CC(C(=O)O)N1CCOC(I)C1. The van der Waals surface area contributed by atoms with Gasteiger partial charge in [0.25, 0.3) is 0 Å². The summed E-state index contributed by atoms with van der Waals surface area (Å²) in [7, 11) is 0. The van der Waals surface area contributed by atoms with Crippen LogP contribution in [0.25, 0.3) is 0 Å². The third kappa shape index (κ3) is 2.56. The first-order valence-electron chi connectivity index (χ1n) is 3.84. The van der Waals surface area contributed by atoms with Crippen molar-refractivity contribution in [3.05, 3.63) is 0 Å². The predicted octanol–water partition coefficient (Wildman–Crippen LogP) is 0.553. The van der Waals surface area contributed by atoms with Gasteiger partial charge < -0.3 is 9.84 Å². The van der Waals surface area contributed by atoms with Crippen LogP contribution in [0.3, 0.4) is 0 Å². The summed E-state index contributed by atoms with van der Waals surface area (Å²) in [6, 6.07) is -0.397. The third-order valence-corrected chi connectivity index (χ3v) is 2.71. The van der Waals surface area contributed by atoms with Gasteiger partial charge in [0.1, 0.15) is 10.2 Å². The molecular formula is C7H12INO3. The molecule has 1 heterocycles. The molecule has 0 aliphatic carbocycles. The highest BCUT2D eigenvalue weighted by Gasteiger charge is 2.25. The monoisotopic (exact) mass is 285 g/mol. The van der Waals surface area contributed by atoms with Crippen molar-refractivity contribution in [3.8, 4) is 0 Å².